The van der Waals surface area contributed by atoms with Crippen LogP contribution < -0.4 is 10.6 Å². The van der Waals surface area contributed by atoms with Gasteiger partial charge in [-0.05, 0) is 47.6 Å². The second kappa shape index (κ2) is 7.90. The number of ether oxygens (including phenoxy) is 2. The standard InChI is InChI=1S/C20H29N3O4/c1-19(2,3)26-17(24)22-12-16(23-18(25)27-20(4,5)6)14-11-21-15-10-8-7-9-13(14)15/h7-11,16,21H,12H2,1-6H3,(H,22,24)(H,23,25). The summed E-state index contributed by atoms with van der Waals surface area (Å²) in [6.45, 7) is 10.9. The van der Waals surface area contributed by atoms with E-state index in [2.05, 4.69) is 15.6 Å². The summed E-state index contributed by atoms with van der Waals surface area (Å²) in [5.74, 6) is 0. The van der Waals surface area contributed by atoms with Gasteiger partial charge in [-0.15, -0.1) is 0 Å². The van der Waals surface area contributed by atoms with Crippen molar-refractivity contribution in [1.29, 1.82) is 0 Å². The normalized spacial score (nSPS) is 13.1. The lowest BCUT2D eigenvalue weighted by Gasteiger charge is -2.25. The Kier molecular flexibility index (Phi) is 6.03. The van der Waals surface area contributed by atoms with E-state index < -0.39 is 29.4 Å². The molecular formula is C20H29N3O4. The van der Waals surface area contributed by atoms with E-state index in [0.29, 0.717) is 0 Å². The molecule has 0 fully saturated rings. The quantitative estimate of drug-likeness (QED) is 0.744. The first kappa shape index (κ1) is 20.6. The summed E-state index contributed by atoms with van der Waals surface area (Å²) in [5.41, 5.74) is 0.583. The van der Waals surface area contributed by atoms with E-state index in [1.54, 1.807) is 41.5 Å². The van der Waals surface area contributed by atoms with E-state index >= 15 is 0 Å². The van der Waals surface area contributed by atoms with Crippen LogP contribution in [0.3, 0.4) is 0 Å². The van der Waals surface area contributed by atoms with Crippen molar-refractivity contribution in [3.63, 3.8) is 0 Å². The van der Waals surface area contributed by atoms with Crippen LogP contribution in [0.1, 0.15) is 53.1 Å². The SMILES string of the molecule is CC(C)(C)OC(=O)NCC(NC(=O)OC(C)(C)C)c1c[nH]c2ccccc12. The number of hydrogen-bond donors (Lipinski definition) is 3. The first-order valence-electron chi connectivity index (χ1n) is 8.97. The monoisotopic (exact) mass is 375 g/mol. The third-order valence-electron chi connectivity index (χ3n) is 3.54. The second-order valence-corrected chi connectivity index (χ2v) is 8.37. The number of rotatable bonds is 4. The zero-order valence-electron chi connectivity index (χ0n) is 16.8. The molecule has 0 spiro atoms. The molecule has 1 atom stereocenters. The van der Waals surface area contributed by atoms with Gasteiger partial charge in [-0.3, -0.25) is 0 Å². The number of carbonyl (C=O) groups excluding carboxylic acids is 2. The van der Waals surface area contributed by atoms with Gasteiger partial charge in [-0.1, -0.05) is 18.2 Å². The van der Waals surface area contributed by atoms with Crippen LogP contribution in [0, 0.1) is 0 Å². The number of aromatic nitrogens is 1. The Morgan fingerprint density at radius 2 is 1.59 bits per heavy atom. The maximum absolute atomic E-state index is 12.3. The number of hydrogen-bond acceptors (Lipinski definition) is 4. The lowest BCUT2D eigenvalue weighted by atomic mass is 10.1. The van der Waals surface area contributed by atoms with Crippen LogP contribution in [0.4, 0.5) is 9.59 Å². The number of fused-ring (bicyclic) bond motifs is 1. The van der Waals surface area contributed by atoms with E-state index in [9.17, 15) is 9.59 Å². The highest BCUT2D eigenvalue weighted by Gasteiger charge is 2.24. The van der Waals surface area contributed by atoms with E-state index in [4.69, 9.17) is 9.47 Å². The van der Waals surface area contributed by atoms with Crippen LogP contribution in [0.5, 0.6) is 0 Å². The molecule has 2 rings (SSSR count). The number of H-pyrrole nitrogens is 1. The topological polar surface area (TPSA) is 92.5 Å². The third-order valence-corrected chi connectivity index (χ3v) is 3.54. The predicted octanol–water partition coefficient (Wildman–Crippen LogP) is 4.26. The van der Waals surface area contributed by atoms with Gasteiger partial charge >= 0.3 is 12.2 Å². The Balaban J connectivity index is 2.18. The smallest absolute Gasteiger partial charge is 0.408 e. The Labute approximate surface area is 159 Å². The average molecular weight is 375 g/mol. The van der Waals surface area contributed by atoms with Crippen LogP contribution in [0.2, 0.25) is 0 Å². The zero-order valence-corrected chi connectivity index (χ0v) is 16.8. The van der Waals surface area contributed by atoms with Gasteiger partial charge < -0.3 is 25.1 Å². The van der Waals surface area contributed by atoms with E-state index in [0.717, 1.165) is 16.5 Å². The Hall–Kier alpha value is -2.70. The van der Waals surface area contributed by atoms with Crippen molar-refractivity contribution in [2.75, 3.05) is 6.54 Å². The summed E-state index contributed by atoms with van der Waals surface area (Å²) in [6.07, 6.45) is 0.728. The van der Waals surface area contributed by atoms with Crippen molar-refractivity contribution in [2.24, 2.45) is 0 Å². The van der Waals surface area contributed by atoms with Gasteiger partial charge in [0.1, 0.15) is 11.2 Å². The molecule has 1 heterocycles. The number of carbonyl (C=O) groups is 2. The van der Waals surface area contributed by atoms with Crippen molar-refractivity contribution in [1.82, 2.24) is 15.6 Å². The fourth-order valence-corrected chi connectivity index (χ4v) is 2.57. The molecule has 148 valence electrons. The minimum Gasteiger partial charge on any atom is -0.444 e. The summed E-state index contributed by atoms with van der Waals surface area (Å²) < 4.78 is 10.6. The summed E-state index contributed by atoms with van der Waals surface area (Å²) in [7, 11) is 0. The first-order chi connectivity index (χ1) is 12.4. The molecule has 27 heavy (non-hydrogen) atoms. The fourth-order valence-electron chi connectivity index (χ4n) is 2.57. The Morgan fingerprint density at radius 3 is 2.22 bits per heavy atom. The van der Waals surface area contributed by atoms with Crippen molar-refractivity contribution >= 4 is 23.1 Å². The molecule has 7 nitrogen and oxygen atoms in total. The van der Waals surface area contributed by atoms with Gasteiger partial charge in [-0.2, -0.15) is 0 Å². The molecule has 0 aliphatic rings. The van der Waals surface area contributed by atoms with Crippen LogP contribution in [-0.2, 0) is 9.47 Å². The van der Waals surface area contributed by atoms with Crippen LogP contribution in [0.15, 0.2) is 30.5 Å². The van der Waals surface area contributed by atoms with Crippen molar-refractivity contribution in [2.45, 2.75) is 58.8 Å². The van der Waals surface area contributed by atoms with Gasteiger partial charge in [-0.25, -0.2) is 9.59 Å². The molecule has 0 aliphatic carbocycles. The van der Waals surface area contributed by atoms with Crippen molar-refractivity contribution in [3.05, 3.63) is 36.0 Å². The molecule has 0 aliphatic heterocycles. The van der Waals surface area contributed by atoms with Crippen molar-refractivity contribution in [3.8, 4) is 0 Å². The summed E-state index contributed by atoms with van der Waals surface area (Å²) in [5, 5.41) is 6.51. The maximum Gasteiger partial charge on any atom is 0.408 e. The maximum atomic E-state index is 12.3. The highest BCUT2D eigenvalue weighted by molar-refractivity contribution is 5.84. The highest BCUT2D eigenvalue weighted by Crippen LogP contribution is 2.24. The molecule has 1 aromatic heterocycles. The summed E-state index contributed by atoms with van der Waals surface area (Å²) in [6, 6.07) is 7.27. The number of amides is 2. The van der Waals surface area contributed by atoms with E-state index in [1.165, 1.54) is 0 Å². The molecule has 7 heteroatoms. The van der Waals surface area contributed by atoms with Gasteiger partial charge in [0, 0.05) is 29.2 Å². The second-order valence-electron chi connectivity index (χ2n) is 8.37. The van der Waals surface area contributed by atoms with Gasteiger partial charge in [0.05, 0.1) is 6.04 Å². The molecular weight excluding hydrogens is 346 g/mol. The van der Waals surface area contributed by atoms with E-state index in [1.807, 2.05) is 30.5 Å². The molecule has 0 saturated heterocycles. The van der Waals surface area contributed by atoms with Gasteiger partial charge in [0.15, 0.2) is 0 Å². The lowest BCUT2D eigenvalue weighted by molar-refractivity contribution is 0.0463. The Morgan fingerprint density at radius 1 is 1.00 bits per heavy atom. The summed E-state index contributed by atoms with van der Waals surface area (Å²) in [4.78, 5) is 27.5. The zero-order chi connectivity index (χ0) is 20.2. The highest BCUT2D eigenvalue weighted by atomic mass is 16.6. The van der Waals surface area contributed by atoms with E-state index in [-0.39, 0.29) is 6.54 Å². The fraction of sp³-hybridized carbons (Fsp3) is 0.500. The molecule has 0 saturated carbocycles. The molecule has 2 amide bonds. The lowest BCUT2D eigenvalue weighted by Crippen LogP contribution is -2.41. The minimum atomic E-state index is -0.618. The molecule has 3 N–H and O–H groups in total. The predicted molar refractivity (Wildman–Crippen MR) is 105 cm³/mol. The molecule has 0 bridgehead atoms. The minimum absolute atomic E-state index is 0.163. The average Bonchev–Trinajstić information content (AvgIpc) is 2.92. The van der Waals surface area contributed by atoms with Crippen molar-refractivity contribution < 1.29 is 19.1 Å². The number of aromatic amines is 1. The number of para-hydroxylation sites is 1. The van der Waals surface area contributed by atoms with Gasteiger partial charge in [0.2, 0.25) is 0 Å². The van der Waals surface area contributed by atoms with Crippen LogP contribution in [-0.4, -0.2) is 34.9 Å². The third kappa shape index (κ3) is 6.51. The first-order valence-corrected chi connectivity index (χ1v) is 8.97. The Bertz CT molecular complexity index is 799. The molecule has 0 radical (unpaired) electrons. The molecule has 1 unspecified atom stereocenters. The number of nitrogens with one attached hydrogen (secondary N) is 3. The molecule has 2 aromatic rings. The number of alkyl carbamates (subject to hydrolysis) is 2. The van der Waals surface area contributed by atoms with Gasteiger partial charge in [0.25, 0.3) is 0 Å². The van der Waals surface area contributed by atoms with Crippen LogP contribution >= 0.6 is 0 Å². The summed E-state index contributed by atoms with van der Waals surface area (Å²) >= 11 is 0. The van der Waals surface area contributed by atoms with Crippen LogP contribution in [0.25, 0.3) is 10.9 Å². The largest absolute Gasteiger partial charge is 0.444 e. The number of benzene rings is 1. The molecule has 1 aromatic carbocycles.